The summed E-state index contributed by atoms with van der Waals surface area (Å²) in [4.78, 5) is 0. The zero-order chi connectivity index (χ0) is 9.83. The van der Waals surface area contributed by atoms with Gasteiger partial charge in [-0.1, -0.05) is 36.4 Å². The number of rotatable bonds is 0. The topological polar surface area (TPSA) is 0 Å². The molecule has 1 aromatic heterocycles. The van der Waals surface area contributed by atoms with Crippen LogP contribution in [0.25, 0.3) is 32.3 Å². The summed E-state index contributed by atoms with van der Waals surface area (Å²) < 4.78 is 0. The van der Waals surface area contributed by atoms with E-state index in [1.54, 1.807) is 11.3 Å². The summed E-state index contributed by atoms with van der Waals surface area (Å²) in [5, 5.41) is 12.8. The lowest BCUT2D eigenvalue weighted by Gasteiger charge is -2.05. The standard InChI is InChI=1S/C14H8S/c1-2-10-4-6-12-8-15-7-11-5-3-9(1)13(10)14(11)12/h1-8H. The maximum Gasteiger partial charge on any atom is -0.00107 e. The summed E-state index contributed by atoms with van der Waals surface area (Å²) in [6.45, 7) is 0. The normalized spacial score (nSPS) is 12.0. The fourth-order valence-corrected chi connectivity index (χ4v) is 3.19. The van der Waals surface area contributed by atoms with E-state index in [9.17, 15) is 0 Å². The molecular weight excluding hydrogens is 200 g/mol. The van der Waals surface area contributed by atoms with Crippen LogP contribution in [0.5, 0.6) is 0 Å². The summed E-state index contributed by atoms with van der Waals surface area (Å²) in [7, 11) is 0. The highest BCUT2D eigenvalue weighted by molar-refractivity contribution is 7.08. The molecule has 0 amide bonds. The first-order valence-corrected chi connectivity index (χ1v) is 5.97. The van der Waals surface area contributed by atoms with E-state index in [4.69, 9.17) is 0 Å². The first-order chi connectivity index (χ1) is 7.43. The Labute approximate surface area is 91.1 Å². The van der Waals surface area contributed by atoms with Crippen molar-refractivity contribution in [2.75, 3.05) is 0 Å². The summed E-state index contributed by atoms with van der Waals surface area (Å²) in [6, 6.07) is 13.3. The second-order valence-electron chi connectivity index (χ2n) is 3.94. The van der Waals surface area contributed by atoms with Crippen LogP contribution in [0.1, 0.15) is 0 Å². The lowest BCUT2D eigenvalue weighted by molar-refractivity contribution is 1.94. The van der Waals surface area contributed by atoms with Gasteiger partial charge in [0, 0.05) is 0 Å². The Kier molecular flexibility index (Phi) is 1.28. The Morgan fingerprint density at radius 1 is 0.533 bits per heavy atom. The van der Waals surface area contributed by atoms with Gasteiger partial charge in [-0.3, -0.25) is 0 Å². The van der Waals surface area contributed by atoms with Crippen LogP contribution in [-0.4, -0.2) is 0 Å². The summed E-state index contributed by atoms with van der Waals surface area (Å²) in [5.74, 6) is 0. The van der Waals surface area contributed by atoms with Crippen molar-refractivity contribution in [3.8, 4) is 0 Å². The Morgan fingerprint density at radius 3 is 1.47 bits per heavy atom. The molecule has 0 atom stereocenters. The van der Waals surface area contributed by atoms with Crippen LogP contribution in [0, 0.1) is 0 Å². The smallest absolute Gasteiger partial charge is 0.00107 e. The second-order valence-corrected chi connectivity index (χ2v) is 4.69. The summed E-state index contributed by atoms with van der Waals surface area (Å²) in [5.41, 5.74) is 0. The molecular formula is C14H8S. The Bertz CT molecular complexity index is 704. The van der Waals surface area contributed by atoms with Gasteiger partial charge in [0.1, 0.15) is 0 Å². The third-order valence-electron chi connectivity index (χ3n) is 3.12. The quantitative estimate of drug-likeness (QED) is 0.394. The zero-order valence-electron chi connectivity index (χ0n) is 8.03. The molecule has 3 aromatic carbocycles. The van der Waals surface area contributed by atoms with E-state index in [1.165, 1.54) is 32.3 Å². The molecule has 0 aliphatic rings. The van der Waals surface area contributed by atoms with Crippen LogP contribution in [0.15, 0.2) is 47.2 Å². The van der Waals surface area contributed by atoms with Crippen LogP contribution in [0.2, 0.25) is 0 Å². The predicted octanol–water partition coefficient (Wildman–Crippen LogP) is 4.65. The minimum atomic E-state index is 1.36. The van der Waals surface area contributed by atoms with Crippen molar-refractivity contribution in [2.24, 2.45) is 0 Å². The maximum atomic E-state index is 2.23. The lowest BCUT2D eigenvalue weighted by Crippen LogP contribution is -1.76. The number of hydrogen-bond acceptors (Lipinski definition) is 1. The van der Waals surface area contributed by atoms with Crippen LogP contribution in [-0.2, 0) is 0 Å². The van der Waals surface area contributed by atoms with E-state index >= 15 is 0 Å². The maximum absolute atomic E-state index is 2.23. The number of benzene rings is 2. The first-order valence-electron chi connectivity index (χ1n) is 5.03. The van der Waals surface area contributed by atoms with Crippen LogP contribution < -0.4 is 0 Å². The van der Waals surface area contributed by atoms with Gasteiger partial charge in [-0.2, -0.15) is 11.3 Å². The molecule has 0 saturated heterocycles. The van der Waals surface area contributed by atoms with Gasteiger partial charge in [0.15, 0.2) is 0 Å². The third-order valence-corrected chi connectivity index (χ3v) is 3.90. The minimum absolute atomic E-state index is 1.36. The Balaban J connectivity index is 2.54. The molecule has 0 N–H and O–H groups in total. The fourth-order valence-electron chi connectivity index (χ4n) is 2.44. The zero-order valence-corrected chi connectivity index (χ0v) is 8.84. The molecule has 15 heavy (non-hydrogen) atoms. The minimum Gasteiger partial charge on any atom is -0.151 e. The van der Waals surface area contributed by atoms with E-state index in [0.29, 0.717) is 0 Å². The second kappa shape index (κ2) is 2.50. The average molecular weight is 208 g/mol. The van der Waals surface area contributed by atoms with Gasteiger partial charge in [0.2, 0.25) is 0 Å². The van der Waals surface area contributed by atoms with Crippen molar-refractivity contribution in [2.45, 2.75) is 0 Å². The highest BCUT2D eigenvalue weighted by atomic mass is 32.1. The molecule has 0 bridgehead atoms. The van der Waals surface area contributed by atoms with Gasteiger partial charge >= 0.3 is 0 Å². The fraction of sp³-hybridized carbons (Fsp3) is 0. The van der Waals surface area contributed by atoms with Gasteiger partial charge in [-0.05, 0) is 43.1 Å². The van der Waals surface area contributed by atoms with E-state index in [0.717, 1.165) is 0 Å². The average Bonchev–Trinajstić information content (AvgIpc) is 2.71. The summed E-state index contributed by atoms with van der Waals surface area (Å²) in [6.07, 6.45) is 0. The Morgan fingerprint density at radius 2 is 0.933 bits per heavy atom. The molecule has 0 nitrogen and oxygen atoms in total. The van der Waals surface area contributed by atoms with Crippen LogP contribution in [0.3, 0.4) is 0 Å². The summed E-state index contributed by atoms with van der Waals surface area (Å²) >= 11 is 1.77. The molecule has 1 heterocycles. The van der Waals surface area contributed by atoms with E-state index in [2.05, 4.69) is 47.2 Å². The molecule has 4 aromatic rings. The van der Waals surface area contributed by atoms with Gasteiger partial charge < -0.3 is 0 Å². The van der Waals surface area contributed by atoms with Crippen molar-refractivity contribution in [3.05, 3.63) is 47.2 Å². The first kappa shape index (κ1) is 7.66. The van der Waals surface area contributed by atoms with Crippen molar-refractivity contribution in [1.82, 2.24) is 0 Å². The van der Waals surface area contributed by atoms with Gasteiger partial charge in [-0.25, -0.2) is 0 Å². The third kappa shape index (κ3) is 0.864. The van der Waals surface area contributed by atoms with E-state index in [1.807, 2.05) is 0 Å². The highest BCUT2D eigenvalue weighted by Crippen LogP contribution is 2.35. The highest BCUT2D eigenvalue weighted by Gasteiger charge is 2.07. The molecule has 0 fully saturated rings. The molecule has 0 spiro atoms. The van der Waals surface area contributed by atoms with E-state index < -0.39 is 0 Å². The molecule has 70 valence electrons. The lowest BCUT2D eigenvalue weighted by atomic mass is 10.0. The molecule has 0 saturated carbocycles. The van der Waals surface area contributed by atoms with Crippen molar-refractivity contribution in [1.29, 1.82) is 0 Å². The molecule has 0 aliphatic heterocycles. The van der Waals surface area contributed by atoms with E-state index in [-0.39, 0.29) is 0 Å². The van der Waals surface area contributed by atoms with Gasteiger partial charge in [-0.15, -0.1) is 0 Å². The molecule has 0 unspecified atom stereocenters. The molecule has 0 aliphatic carbocycles. The largest absolute Gasteiger partial charge is 0.151 e. The molecule has 1 heteroatoms. The Hall–Kier alpha value is -1.60. The SMILES string of the molecule is c1cc2ccc3cscc4ccc1c2c43. The van der Waals surface area contributed by atoms with Gasteiger partial charge in [0.05, 0.1) is 0 Å². The van der Waals surface area contributed by atoms with Crippen molar-refractivity contribution >= 4 is 43.7 Å². The van der Waals surface area contributed by atoms with Crippen LogP contribution >= 0.6 is 11.3 Å². The molecule has 4 rings (SSSR count). The number of hydrogen-bond donors (Lipinski definition) is 0. The van der Waals surface area contributed by atoms with Crippen LogP contribution in [0.4, 0.5) is 0 Å². The predicted molar refractivity (Wildman–Crippen MR) is 68.0 cm³/mol. The van der Waals surface area contributed by atoms with Crippen molar-refractivity contribution in [3.63, 3.8) is 0 Å². The molecule has 0 radical (unpaired) electrons. The monoisotopic (exact) mass is 208 g/mol. The van der Waals surface area contributed by atoms with Gasteiger partial charge in [0.25, 0.3) is 0 Å². The van der Waals surface area contributed by atoms with Crippen molar-refractivity contribution < 1.29 is 0 Å².